The Morgan fingerprint density at radius 2 is 2.00 bits per heavy atom. The molecule has 1 aliphatic heterocycles. The molecule has 2 nitrogen and oxygen atoms in total. The summed E-state index contributed by atoms with van der Waals surface area (Å²) in [7, 11) is 0. The molecule has 1 aromatic carbocycles. The summed E-state index contributed by atoms with van der Waals surface area (Å²) >= 11 is 0. The predicted octanol–water partition coefficient (Wildman–Crippen LogP) is 2.77. The van der Waals surface area contributed by atoms with Gasteiger partial charge in [0.15, 0.2) is 0 Å². The van der Waals surface area contributed by atoms with Crippen molar-refractivity contribution in [1.29, 1.82) is 0 Å². The Bertz CT molecular complexity index is 455. The molecule has 1 unspecified atom stereocenters. The second kappa shape index (κ2) is 3.83. The maximum atomic E-state index is 14.0. The van der Waals surface area contributed by atoms with Gasteiger partial charge < -0.3 is 5.32 Å². The first-order valence-electron chi connectivity index (χ1n) is 5.99. The van der Waals surface area contributed by atoms with Crippen molar-refractivity contribution < 1.29 is 9.18 Å². The fraction of sp³-hybridized carbons (Fsp3) is 0.500. The van der Waals surface area contributed by atoms with Gasteiger partial charge >= 0.3 is 0 Å². The largest absolute Gasteiger partial charge is 0.350 e. The first-order valence-corrected chi connectivity index (χ1v) is 5.99. The number of rotatable bonds is 2. The van der Waals surface area contributed by atoms with Gasteiger partial charge in [0, 0.05) is 17.4 Å². The van der Waals surface area contributed by atoms with Crippen LogP contribution in [-0.4, -0.2) is 11.4 Å². The van der Waals surface area contributed by atoms with Crippen molar-refractivity contribution in [3.8, 4) is 0 Å². The summed E-state index contributed by atoms with van der Waals surface area (Å²) in [5, 5.41) is 2.96. The van der Waals surface area contributed by atoms with E-state index in [4.69, 9.17) is 0 Å². The van der Waals surface area contributed by atoms with Crippen molar-refractivity contribution in [2.24, 2.45) is 0 Å². The van der Waals surface area contributed by atoms with Crippen molar-refractivity contribution >= 4 is 5.91 Å². The van der Waals surface area contributed by atoms with E-state index < -0.39 is 11.0 Å². The predicted molar refractivity (Wildman–Crippen MR) is 65.2 cm³/mol. The van der Waals surface area contributed by atoms with Crippen LogP contribution in [0.1, 0.15) is 39.2 Å². The lowest BCUT2D eigenvalue weighted by Crippen LogP contribution is -2.50. The average Bonchev–Trinajstić information content (AvgIpc) is 2.49. The van der Waals surface area contributed by atoms with Crippen LogP contribution in [-0.2, 0) is 10.2 Å². The molecule has 1 heterocycles. The molecule has 0 aromatic heterocycles. The zero-order valence-corrected chi connectivity index (χ0v) is 10.5. The first kappa shape index (κ1) is 12.1. The number of amides is 1. The molecule has 0 spiro atoms. The molecule has 1 N–H and O–H groups in total. The number of hydrogen-bond donors (Lipinski definition) is 1. The number of carbonyl (C=O) groups is 1. The van der Waals surface area contributed by atoms with E-state index >= 15 is 0 Å². The minimum absolute atomic E-state index is 0.0000954. The second-order valence-electron chi connectivity index (χ2n) is 5.27. The molecular formula is C14H18FNO. The van der Waals surface area contributed by atoms with Crippen molar-refractivity contribution in [2.45, 2.75) is 44.6 Å². The smallest absolute Gasteiger partial charge is 0.221 e. The third kappa shape index (κ3) is 1.65. The number of carbonyl (C=O) groups excluding carboxylic acids is 1. The van der Waals surface area contributed by atoms with Gasteiger partial charge in [-0.15, -0.1) is 0 Å². The van der Waals surface area contributed by atoms with Crippen LogP contribution in [0.15, 0.2) is 24.3 Å². The number of benzene rings is 1. The van der Waals surface area contributed by atoms with Crippen LogP contribution in [0, 0.1) is 5.82 Å². The van der Waals surface area contributed by atoms with E-state index in [0.29, 0.717) is 12.0 Å². The Labute approximate surface area is 101 Å². The lowest BCUT2D eigenvalue weighted by atomic mass is 9.65. The molecule has 1 amide bonds. The van der Waals surface area contributed by atoms with Crippen LogP contribution in [0.3, 0.4) is 0 Å². The maximum absolute atomic E-state index is 14.0. The average molecular weight is 235 g/mol. The summed E-state index contributed by atoms with van der Waals surface area (Å²) in [5.74, 6) is -0.223. The van der Waals surface area contributed by atoms with Gasteiger partial charge in [-0.25, -0.2) is 4.39 Å². The Hall–Kier alpha value is -1.38. The van der Waals surface area contributed by atoms with E-state index in [1.54, 1.807) is 12.1 Å². The van der Waals surface area contributed by atoms with E-state index in [2.05, 4.69) is 5.32 Å². The maximum Gasteiger partial charge on any atom is 0.221 e. The summed E-state index contributed by atoms with van der Waals surface area (Å²) < 4.78 is 14.0. The molecule has 1 aliphatic rings. The Morgan fingerprint density at radius 3 is 2.47 bits per heavy atom. The Kier molecular flexibility index (Phi) is 2.72. The summed E-state index contributed by atoms with van der Waals surface area (Å²) in [5.41, 5.74) is -0.220. The van der Waals surface area contributed by atoms with Crippen molar-refractivity contribution in [2.75, 3.05) is 0 Å². The minimum atomic E-state index is -0.449. The van der Waals surface area contributed by atoms with Gasteiger partial charge in [0.25, 0.3) is 0 Å². The topological polar surface area (TPSA) is 29.1 Å². The van der Waals surface area contributed by atoms with Crippen LogP contribution >= 0.6 is 0 Å². The highest BCUT2D eigenvalue weighted by molar-refractivity contribution is 5.82. The van der Waals surface area contributed by atoms with E-state index in [1.165, 1.54) is 6.07 Å². The van der Waals surface area contributed by atoms with E-state index in [-0.39, 0.29) is 11.7 Å². The van der Waals surface area contributed by atoms with Crippen molar-refractivity contribution in [1.82, 2.24) is 5.32 Å². The lowest BCUT2D eigenvalue weighted by molar-refractivity contribution is -0.119. The highest BCUT2D eigenvalue weighted by Gasteiger charge is 2.53. The molecule has 3 heteroatoms. The fourth-order valence-corrected chi connectivity index (χ4v) is 3.05. The SMILES string of the molecule is CCC1(c2ccccc2F)CC(=O)NC1(C)C. The van der Waals surface area contributed by atoms with E-state index in [9.17, 15) is 9.18 Å². The number of hydrogen-bond acceptors (Lipinski definition) is 1. The Morgan fingerprint density at radius 1 is 1.35 bits per heavy atom. The molecule has 0 saturated carbocycles. The highest BCUT2D eigenvalue weighted by Crippen LogP contribution is 2.46. The quantitative estimate of drug-likeness (QED) is 0.839. The zero-order valence-electron chi connectivity index (χ0n) is 10.5. The lowest BCUT2D eigenvalue weighted by Gasteiger charge is -2.40. The summed E-state index contributed by atoms with van der Waals surface area (Å²) in [6.07, 6.45) is 1.09. The molecule has 92 valence electrons. The third-order valence-electron chi connectivity index (χ3n) is 4.10. The zero-order chi connectivity index (χ0) is 12.7. The molecular weight excluding hydrogens is 217 g/mol. The second-order valence-corrected chi connectivity index (χ2v) is 5.27. The van der Waals surface area contributed by atoms with Crippen LogP contribution in [0.5, 0.6) is 0 Å². The van der Waals surface area contributed by atoms with E-state index in [1.807, 2.05) is 26.8 Å². The Balaban J connectivity index is 2.60. The van der Waals surface area contributed by atoms with Gasteiger partial charge in [0.2, 0.25) is 5.91 Å². The van der Waals surface area contributed by atoms with Crippen LogP contribution < -0.4 is 5.32 Å². The van der Waals surface area contributed by atoms with Crippen LogP contribution in [0.2, 0.25) is 0 Å². The first-order chi connectivity index (χ1) is 7.93. The number of nitrogens with one attached hydrogen (secondary N) is 1. The van der Waals surface area contributed by atoms with Gasteiger partial charge in [-0.05, 0) is 31.9 Å². The molecule has 17 heavy (non-hydrogen) atoms. The van der Waals surface area contributed by atoms with Gasteiger partial charge in [-0.3, -0.25) is 4.79 Å². The van der Waals surface area contributed by atoms with Gasteiger partial charge in [0.05, 0.1) is 0 Å². The molecule has 0 radical (unpaired) electrons. The minimum Gasteiger partial charge on any atom is -0.350 e. The molecule has 1 fully saturated rings. The summed E-state index contributed by atoms with van der Waals surface area (Å²) in [4.78, 5) is 11.7. The van der Waals surface area contributed by atoms with Crippen molar-refractivity contribution in [3.05, 3.63) is 35.6 Å². The fourth-order valence-electron chi connectivity index (χ4n) is 3.05. The summed E-state index contributed by atoms with van der Waals surface area (Å²) in [6.45, 7) is 5.94. The molecule has 1 aromatic rings. The van der Waals surface area contributed by atoms with E-state index in [0.717, 1.165) is 6.42 Å². The van der Waals surface area contributed by atoms with Gasteiger partial charge in [0.1, 0.15) is 5.82 Å². The molecule has 0 aliphatic carbocycles. The molecule has 1 atom stereocenters. The summed E-state index contributed by atoms with van der Waals surface area (Å²) in [6, 6.07) is 6.76. The number of halogens is 1. The van der Waals surface area contributed by atoms with Gasteiger partial charge in [-0.2, -0.15) is 0 Å². The highest BCUT2D eigenvalue weighted by atomic mass is 19.1. The molecule has 0 bridgehead atoms. The van der Waals surface area contributed by atoms with Crippen LogP contribution in [0.25, 0.3) is 0 Å². The van der Waals surface area contributed by atoms with Crippen molar-refractivity contribution in [3.63, 3.8) is 0 Å². The molecule has 1 saturated heterocycles. The monoisotopic (exact) mass is 235 g/mol. The third-order valence-corrected chi connectivity index (χ3v) is 4.10. The standard InChI is InChI=1S/C14H18FNO/c1-4-14(9-12(17)16-13(14,2)3)10-7-5-6-8-11(10)15/h5-8H,4,9H2,1-3H3,(H,16,17). The van der Waals surface area contributed by atoms with Crippen LogP contribution in [0.4, 0.5) is 4.39 Å². The van der Waals surface area contributed by atoms with Gasteiger partial charge in [-0.1, -0.05) is 25.1 Å². The normalized spacial score (nSPS) is 26.9. The molecule has 2 rings (SSSR count).